The van der Waals surface area contributed by atoms with E-state index in [-0.39, 0.29) is 5.91 Å². The van der Waals surface area contributed by atoms with Crippen LogP contribution in [0.1, 0.15) is 26.2 Å². The van der Waals surface area contributed by atoms with Gasteiger partial charge in [-0.1, -0.05) is 6.92 Å². The summed E-state index contributed by atoms with van der Waals surface area (Å²) in [7, 11) is 1.31. The number of hydrogen-bond donors (Lipinski definition) is 1. The zero-order valence-electron chi connectivity index (χ0n) is 9.12. The molecule has 1 aliphatic rings. The van der Waals surface area contributed by atoms with Crippen LogP contribution in [0.5, 0.6) is 0 Å². The Bertz CT molecular complexity index is 236. The third-order valence-corrected chi connectivity index (χ3v) is 2.43. The van der Waals surface area contributed by atoms with Gasteiger partial charge in [0.25, 0.3) is 0 Å². The normalized spacial score (nSPS) is 22.1. The molecule has 0 aromatic heterocycles. The van der Waals surface area contributed by atoms with Gasteiger partial charge in [-0.3, -0.25) is 4.79 Å². The Balaban J connectivity index is 2.43. The molecule has 1 aliphatic heterocycles. The van der Waals surface area contributed by atoms with Crippen LogP contribution < -0.4 is 5.32 Å². The van der Waals surface area contributed by atoms with E-state index in [2.05, 4.69) is 10.1 Å². The smallest absolute Gasteiger partial charge is 0.328 e. The summed E-state index contributed by atoms with van der Waals surface area (Å²) in [6, 6.07) is -0.563. The Labute approximate surface area is 89.1 Å². The lowest BCUT2D eigenvalue weighted by Gasteiger charge is -2.16. The van der Waals surface area contributed by atoms with E-state index in [0.717, 1.165) is 12.8 Å². The van der Waals surface area contributed by atoms with Gasteiger partial charge in [-0.2, -0.15) is 0 Å². The maximum absolute atomic E-state index is 11.6. The number of hydrogen-bond acceptors (Lipinski definition) is 4. The first-order chi connectivity index (χ1) is 7.19. The van der Waals surface area contributed by atoms with Crippen LogP contribution in [0.3, 0.4) is 0 Å². The second-order valence-corrected chi connectivity index (χ2v) is 3.49. The summed E-state index contributed by atoms with van der Waals surface area (Å²) in [5.41, 5.74) is 0. The lowest BCUT2D eigenvalue weighted by atomic mass is 10.2. The molecule has 1 rings (SSSR count). The zero-order chi connectivity index (χ0) is 11.3. The van der Waals surface area contributed by atoms with Crippen molar-refractivity contribution >= 4 is 11.9 Å². The summed E-state index contributed by atoms with van der Waals surface area (Å²) in [6.45, 7) is 2.43. The van der Waals surface area contributed by atoms with Gasteiger partial charge in [0.15, 0.2) is 0 Å². The van der Waals surface area contributed by atoms with Crippen LogP contribution in [0, 0.1) is 0 Å². The van der Waals surface area contributed by atoms with Crippen LogP contribution in [0.25, 0.3) is 0 Å². The quantitative estimate of drug-likeness (QED) is 0.682. The van der Waals surface area contributed by atoms with E-state index in [9.17, 15) is 9.59 Å². The molecule has 1 heterocycles. The van der Waals surface area contributed by atoms with Crippen LogP contribution in [0.4, 0.5) is 0 Å². The van der Waals surface area contributed by atoms with Crippen molar-refractivity contribution < 1.29 is 19.1 Å². The number of ether oxygens (including phenoxy) is 2. The van der Waals surface area contributed by atoms with E-state index < -0.39 is 18.1 Å². The van der Waals surface area contributed by atoms with Crippen molar-refractivity contribution in [1.82, 2.24) is 5.32 Å². The molecule has 0 unspecified atom stereocenters. The topological polar surface area (TPSA) is 64.6 Å². The molecule has 0 spiro atoms. The molecule has 5 nitrogen and oxygen atoms in total. The van der Waals surface area contributed by atoms with Crippen LogP contribution in [-0.2, 0) is 19.1 Å². The molecule has 0 aliphatic carbocycles. The number of carbonyl (C=O) groups excluding carboxylic acids is 2. The number of nitrogens with one attached hydrogen (secondary N) is 1. The van der Waals surface area contributed by atoms with E-state index in [4.69, 9.17) is 4.74 Å². The summed E-state index contributed by atoms with van der Waals surface area (Å²) >= 11 is 0. The molecule has 0 aromatic carbocycles. The fraction of sp³-hybridized carbons (Fsp3) is 0.800. The molecule has 1 N–H and O–H groups in total. The number of esters is 1. The molecule has 15 heavy (non-hydrogen) atoms. The van der Waals surface area contributed by atoms with E-state index in [1.54, 1.807) is 0 Å². The van der Waals surface area contributed by atoms with E-state index >= 15 is 0 Å². The summed E-state index contributed by atoms with van der Waals surface area (Å²) in [5.74, 6) is -0.631. The van der Waals surface area contributed by atoms with Gasteiger partial charge >= 0.3 is 5.97 Å². The molecular formula is C10H17NO4. The highest BCUT2D eigenvalue weighted by molar-refractivity contribution is 5.87. The van der Waals surface area contributed by atoms with Crippen LogP contribution in [-0.4, -0.2) is 37.7 Å². The molecule has 86 valence electrons. The molecule has 5 heteroatoms. The molecular weight excluding hydrogens is 198 g/mol. The summed E-state index contributed by atoms with van der Waals surface area (Å²) < 4.78 is 9.78. The molecule has 1 saturated heterocycles. The molecule has 1 fully saturated rings. The minimum Gasteiger partial charge on any atom is -0.467 e. The summed E-state index contributed by atoms with van der Waals surface area (Å²) in [4.78, 5) is 22.8. The Kier molecular flexibility index (Phi) is 4.55. The molecule has 1 amide bonds. The highest BCUT2D eigenvalue weighted by Gasteiger charge is 2.27. The number of methoxy groups -OCH3 is 1. The molecule has 0 radical (unpaired) electrons. The second-order valence-electron chi connectivity index (χ2n) is 3.49. The van der Waals surface area contributed by atoms with Crippen molar-refractivity contribution in [2.75, 3.05) is 13.7 Å². The second kappa shape index (κ2) is 5.70. The monoisotopic (exact) mass is 215 g/mol. The van der Waals surface area contributed by atoms with Gasteiger partial charge < -0.3 is 14.8 Å². The summed E-state index contributed by atoms with van der Waals surface area (Å²) in [5, 5.41) is 2.62. The van der Waals surface area contributed by atoms with Gasteiger partial charge in [0.2, 0.25) is 5.91 Å². The van der Waals surface area contributed by atoms with Crippen molar-refractivity contribution in [3.63, 3.8) is 0 Å². The van der Waals surface area contributed by atoms with Crippen LogP contribution in [0.2, 0.25) is 0 Å². The minimum absolute atomic E-state index is 0.218. The lowest BCUT2D eigenvalue weighted by molar-refractivity contribution is -0.146. The number of amides is 1. The van der Waals surface area contributed by atoms with Crippen molar-refractivity contribution in [3.05, 3.63) is 0 Å². The van der Waals surface area contributed by atoms with Crippen LogP contribution >= 0.6 is 0 Å². The fourth-order valence-electron chi connectivity index (χ4n) is 1.52. The molecule has 0 bridgehead atoms. The number of rotatable bonds is 4. The minimum atomic E-state index is -0.563. The molecule has 0 saturated carbocycles. The maximum atomic E-state index is 11.6. The summed E-state index contributed by atoms with van der Waals surface area (Å²) in [6.07, 6.45) is 1.74. The van der Waals surface area contributed by atoms with E-state index in [1.807, 2.05) is 6.92 Å². The SMILES string of the molecule is CC[C@H](NC(=O)[C@@H]1CCCO1)C(=O)OC. The third-order valence-electron chi connectivity index (χ3n) is 2.43. The van der Waals surface area contributed by atoms with Gasteiger partial charge in [-0.25, -0.2) is 4.79 Å². The Hall–Kier alpha value is -1.10. The highest BCUT2D eigenvalue weighted by atomic mass is 16.5. The van der Waals surface area contributed by atoms with E-state index in [0.29, 0.717) is 13.0 Å². The van der Waals surface area contributed by atoms with Crippen molar-refractivity contribution in [3.8, 4) is 0 Å². The fourth-order valence-corrected chi connectivity index (χ4v) is 1.52. The van der Waals surface area contributed by atoms with Crippen LogP contribution in [0.15, 0.2) is 0 Å². The van der Waals surface area contributed by atoms with Crippen molar-refractivity contribution in [1.29, 1.82) is 0 Å². The Morgan fingerprint density at radius 1 is 1.60 bits per heavy atom. The third kappa shape index (κ3) is 3.20. The van der Waals surface area contributed by atoms with Crippen molar-refractivity contribution in [2.45, 2.75) is 38.3 Å². The number of carbonyl (C=O) groups is 2. The standard InChI is InChI=1S/C10H17NO4/c1-3-7(10(13)14-2)11-9(12)8-5-4-6-15-8/h7-8H,3-6H2,1-2H3,(H,11,12)/t7-,8-/m0/s1. The largest absolute Gasteiger partial charge is 0.467 e. The van der Waals surface area contributed by atoms with E-state index in [1.165, 1.54) is 7.11 Å². The Morgan fingerprint density at radius 2 is 2.33 bits per heavy atom. The first-order valence-electron chi connectivity index (χ1n) is 5.18. The zero-order valence-corrected chi connectivity index (χ0v) is 9.12. The first kappa shape index (κ1) is 12.0. The van der Waals surface area contributed by atoms with Gasteiger partial charge in [0.05, 0.1) is 7.11 Å². The Morgan fingerprint density at radius 3 is 2.80 bits per heavy atom. The van der Waals surface area contributed by atoms with Gasteiger partial charge in [0.1, 0.15) is 12.1 Å². The lowest BCUT2D eigenvalue weighted by Crippen LogP contribution is -2.45. The van der Waals surface area contributed by atoms with Gasteiger partial charge in [0, 0.05) is 6.61 Å². The predicted octanol–water partition coefficient (Wildman–Crippen LogP) is 0.233. The average molecular weight is 215 g/mol. The molecule has 0 aromatic rings. The molecule has 2 atom stereocenters. The average Bonchev–Trinajstić information content (AvgIpc) is 2.77. The first-order valence-corrected chi connectivity index (χ1v) is 5.18. The highest BCUT2D eigenvalue weighted by Crippen LogP contribution is 2.12. The van der Waals surface area contributed by atoms with Gasteiger partial charge in [-0.05, 0) is 19.3 Å². The van der Waals surface area contributed by atoms with Crippen molar-refractivity contribution in [2.24, 2.45) is 0 Å². The maximum Gasteiger partial charge on any atom is 0.328 e. The van der Waals surface area contributed by atoms with Gasteiger partial charge in [-0.15, -0.1) is 0 Å². The predicted molar refractivity (Wildman–Crippen MR) is 53.2 cm³/mol.